The van der Waals surface area contributed by atoms with Gasteiger partial charge in [0.05, 0.1) is 5.69 Å². The number of amides is 1. The first-order chi connectivity index (χ1) is 12.1. The maximum absolute atomic E-state index is 13.1. The van der Waals surface area contributed by atoms with E-state index >= 15 is 0 Å². The summed E-state index contributed by atoms with van der Waals surface area (Å²) < 4.78 is 1.68. The van der Waals surface area contributed by atoms with E-state index in [9.17, 15) is 4.79 Å². The van der Waals surface area contributed by atoms with Crippen molar-refractivity contribution in [3.8, 4) is 5.69 Å². The molecular weight excluding hydrogens is 314 g/mol. The number of hydrogen-bond acceptors (Lipinski definition) is 4. The summed E-state index contributed by atoms with van der Waals surface area (Å²) in [6.07, 6.45) is 6.69. The monoisotopic (exact) mass is 339 g/mol. The molecule has 2 saturated heterocycles. The summed E-state index contributed by atoms with van der Waals surface area (Å²) in [6.45, 7) is 6.21. The predicted molar refractivity (Wildman–Crippen MR) is 95.7 cm³/mol. The topological polar surface area (TPSA) is 54.3 Å². The van der Waals surface area contributed by atoms with Gasteiger partial charge in [0.2, 0.25) is 0 Å². The number of carbonyl (C=O) groups excluding carboxylic acids is 1. The number of benzene rings is 1. The number of rotatable bonds is 3. The maximum Gasteiger partial charge on any atom is 0.253 e. The largest absolute Gasteiger partial charge is 0.337 e. The quantitative estimate of drug-likeness (QED) is 0.861. The van der Waals surface area contributed by atoms with Crippen LogP contribution in [-0.4, -0.2) is 61.7 Å². The minimum absolute atomic E-state index is 0.123. The molecular formula is C19H25N5O. The van der Waals surface area contributed by atoms with Crippen molar-refractivity contribution in [2.24, 2.45) is 0 Å². The van der Waals surface area contributed by atoms with Crippen LogP contribution in [0.5, 0.6) is 0 Å². The molecule has 2 aliphatic heterocycles. The van der Waals surface area contributed by atoms with Crippen LogP contribution < -0.4 is 0 Å². The lowest BCUT2D eigenvalue weighted by Crippen LogP contribution is -2.44. The Balaban J connectivity index is 1.55. The van der Waals surface area contributed by atoms with Crippen molar-refractivity contribution < 1.29 is 4.79 Å². The molecule has 1 aromatic carbocycles. The van der Waals surface area contributed by atoms with Gasteiger partial charge in [-0.1, -0.05) is 6.07 Å². The van der Waals surface area contributed by atoms with E-state index in [0.717, 1.165) is 30.8 Å². The Morgan fingerprint density at radius 2 is 2.04 bits per heavy atom. The van der Waals surface area contributed by atoms with Crippen LogP contribution in [0, 0.1) is 0 Å². The first kappa shape index (κ1) is 16.3. The Hall–Kier alpha value is -2.21. The number of carbonyl (C=O) groups is 1. The number of hydrogen-bond donors (Lipinski definition) is 0. The van der Waals surface area contributed by atoms with Crippen LogP contribution in [0.25, 0.3) is 5.69 Å². The Bertz CT molecular complexity index is 742. The third-order valence-electron chi connectivity index (χ3n) is 5.50. The number of likely N-dealkylation sites (tertiary alicyclic amines) is 1. The summed E-state index contributed by atoms with van der Waals surface area (Å²) in [5.74, 6) is 0.123. The zero-order valence-corrected chi connectivity index (χ0v) is 14.9. The van der Waals surface area contributed by atoms with Crippen molar-refractivity contribution in [1.29, 1.82) is 0 Å². The van der Waals surface area contributed by atoms with E-state index in [1.807, 2.05) is 29.2 Å². The second kappa shape index (κ2) is 6.59. The fourth-order valence-electron chi connectivity index (χ4n) is 4.44. The summed E-state index contributed by atoms with van der Waals surface area (Å²) in [4.78, 5) is 21.7. The van der Waals surface area contributed by atoms with Gasteiger partial charge in [-0.25, -0.2) is 9.67 Å². The molecule has 2 atom stereocenters. The molecule has 0 radical (unpaired) electrons. The smallest absolute Gasteiger partial charge is 0.253 e. The van der Waals surface area contributed by atoms with Gasteiger partial charge < -0.3 is 4.90 Å². The van der Waals surface area contributed by atoms with Crippen LogP contribution in [-0.2, 0) is 0 Å². The fourth-order valence-corrected chi connectivity index (χ4v) is 4.44. The van der Waals surface area contributed by atoms with Gasteiger partial charge >= 0.3 is 0 Å². The molecule has 25 heavy (non-hydrogen) atoms. The third-order valence-corrected chi connectivity index (χ3v) is 5.50. The molecule has 2 fully saturated rings. The molecule has 0 aliphatic carbocycles. The molecule has 3 heterocycles. The highest BCUT2D eigenvalue weighted by molar-refractivity contribution is 5.94. The molecule has 4 rings (SSSR count). The molecule has 2 unspecified atom stereocenters. The second-order valence-corrected chi connectivity index (χ2v) is 7.36. The average Bonchev–Trinajstić information content (AvgIpc) is 3.22. The van der Waals surface area contributed by atoms with Crippen LogP contribution in [0.1, 0.15) is 43.5 Å². The minimum atomic E-state index is 0.123. The first-order valence-corrected chi connectivity index (χ1v) is 9.15. The summed E-state index contributed by atoms with van der Waals surface area (Å²) in [7, 11) is 0. The fraction of sp³-hybridized carbons (Fsp3) is 0.526. The number of fused-ring (bicyclic) bond motifs is 2. The van der Waals surface area contributed by atoms with E-state index in [-0.39, 0.29) is 5.91 Å². The Morgan fingerprint density at radius 3 is 2.80 bits per heavy atom. The molecule has 1 aromatic heterocycles. The van der Waals surface area contributed by atoms with E-state index in [1.165, 1.54) is 19.2 Å². The maximum atomic E-state index is 13.1. The summed E-state index contributed by atoms with van der Waals surface area (Å²) in [5, 5.41) is 4.15. The molecule has 2 aliphatic rings. The highest BCUT2D eigenvalue weighted by atomic mass is 16.2. The molecule has 2 bridgehead atoms. The third kappa shape index (κ3) is 3.06. The molecule has 6 nitrogen and oxygen atoms in total. The highest BCUT2D eigenvalue weighted by Crippen LogP contribution is 2.32. The second-order valence-electron chi connectivity index (χ2n) is 7.36. The molecule has 2 aromatic rings. The first-order valence-electron chi connectivity index (χ1n) is 9.15. The lowest BCUT2D eigenvalue weighted by molar-refractivity contribution is 0.0728. The lowest BCUT2D eigenvalue weighted by atomic mass is 10.1. The van der Waals surface area contributed by atoms with Crippen molar-refractivity contribution in [1.82, 2.24) is 24.6 Å². The Labute approximate surface area is 148 Å². The number of aromatic nitrogens is 3. The van der Waals surface area contributed by atoms with Crippen LogP contribution >= 0.6 is 0 Å². The SMILES string of the molecule is CC(C)N1C2CCC1CN(C(=O)c1cccc(-n3cncn3)c1)CC2. The van der Waals surface area contributed by atoms with E-state index in [1.54, 1.807) is 11.0 Å². The van der Waals surface area contributed by atoms with Crippen molar-refractivity contribution in [2.45, 2.75) is 51.2 Å². The van der Waals surface area contributed by atoms with Crippen molar-refractivity contribution in [3.05, 3.63) is 42.5 Å². The van der Waals surface area contributed by atoms with Crippen molar-refractivity contribution in [3.63, 3.8) is 0 Å². The van der Waals surface area contributed by atoms with Crippen molar-refractivity contribution in [2.75, 3.05) is 13.1 Å². The molecule has 1 amide bonds. The van der Waals surface area contributed by atoms with Gasteiger partial charge in [0, 0.05) is 36.8 Å². The zero-order chi connectivity index (χ0) is 17.4. The molecule has 6 heteroatoms. The van der Waals surface area contributed by atoms with Crippen LogP contribution in [0.3, 0.4) is 0 Å². The minimum Gasteiger partial charge on any atom is -0.337 e. The van der Waals surface area contributed by atoms with E-state index in [2.05, 4.69) is 28.8 Å². The van der Waals surface area contributed by atoms with Gasteiger partial charge in [-0.15, -0.1) is 0 Å². The van der Waals surface area contributed by atoms with Crippen LogP contribution in [0.4, 0.5) is 0 Å². The van der Waals surface area contributed by atoms with Gasteiger partial charge in [0.1, 0.15) is 12.7 Å². The molecule has 0 saturated carbocycles. The molecule has 0 spiro atoms. The Morgan fingerprint density at radius 1 is 1.20 bits per heavy atom. The Kier molecular flexibility index (Phi) is 4.29. The van der Waals surface area contributed by atoms with Gasteiger partial charge in [-0.3, -0.25) is 9.69 Å². The zero-order valence-electron chi connectivity index (χ0n) is 14.9. The van der Waals surface area contributed by atoms with Crippen LogP contribution in [0.2, 0.25) is 0 Å². The summed E-state index contributed by atoms with van der Waals surface area (Å²) >= 11 is 0. The average molecular weight is 339 g/mol. The molecule has 0 N–H and O–H groups in total. The van der Waals surface area contributed by atoms with Crippen LogP contribution in [0.15, 0.2) is 36.9 Å². The highest BCUT2D eigenvalue weighted by Gasteiger charge is 2.39. The standard InChI is InChI=1S/C19H25N5O/c1-14(2)24-16-6-7-18(24)11-22(9-8-16)19(25)15-4-3-5-17(10-15)23-13-20-12-21-23/h3-5,10,12-14,16,18H,6-9,11H2,1-2H3. The summed E-state index contributed by atoms with van der Waals surface area (Å²) in [5.41, 5.74) is 1.59. The van der Waals surface area contributed by atoms with E-state index in [0.29, 0.717) is 18.1 Å². The van der Waals surface area contributed by atoms with E-state index < -0.39 is 0 Å². The van der Waals surface area contributed by atoms with Gasteiger partial charge in [-0.2, -0.15) is 5.10 Å². The van der Waals surface area contributed by atoms with Gasteiger partial charge in [0.25, 0.3) is 5.91 Å². The van der Waals surface area contributed by atoms with Gasteiger partial charge in [0.15, 0.2) is 0 Å². The number of nitrogens with zero attached hydrogens (tertiary/aromatic N) is 5. The normalized spacial score (nSPS) is 23.9. The van der Waals surface area contributed by atoms with Gasteiger partial charge in [-0.05, 0) is 51.3 Å². The lowest BCUT2D eigenvalue weighted by Gasteiger charge is -2.32. The van der Waals surface area contributed by atoms with E-state index in [4.69, 9.17) is 0 Å². The molecule has 132 valence electrons. The predicted octanol–water partition coefficient (Wildman–Crippen LogP) is 2.35. The van der Waals surface area contributed by atoms with Crippen molar-refractivity contribution >= 4 is 5.91 Å². The summed E-state index contributed by atoms with van der Waals surface area (Å²) in [6, 6.07) is 9.32.